The molecule has 158 valence electrons. The van der Waals surface area contributed by atoms with Gasteiger partial charge in [-0.2, -0.15) is 0 Å². The lowest BCUT2D eigenvalue weighted by Gasteiger charge is -2.16. The number of rotatable bonds is 9. The fraction of sp³-hybridized carbons (Fsp3) is 0.333. The standard InChI is InChI=1S/C21H24N4O5/c1-14(29-3)12-30-17-9-7-16(8-10-17)15(2)23-20(26)11-24-13-22-18-5-4-6-19(21(18)24)25(27)28/h4-10,13-15H,11-12H2,1-3H3,(H,23,26)/t14-,15?/m0/s1. The third kappa shape index (κ3) is 4.93. The molecule has 0 saturated heterocycles. The lowest BCUT2D eigenvalue weighted by Crippen LogP contribution is -2.30. The van der Waals surface area contributed by atoms with E-state index in [0.29, 0.717) is 17.6 Å². The van der Waals surface area contributed by atoms with E-state index in [0.717, 1.165) is 11.3 Å². The molecule has 0 aliphatic rings. The number of methoxy groups -OCH3 is 1. The molecule has 1 amide bonds. The molecule has 0 saturated carbocycles. The summed E-state index contributed by atoms with van der Waals surface area (Å²) in [4.78, 5) is 27.5. The number of non-ortho nitro benzene ring substituents is 1. The zero-order valence-electron chi connectivity index (χ0n) is 17.1. The van der Waals surface area contributed by atoms with Crippen molar-refractivity contribution in [2.24, 2.45) is 0 Å². The van der Waals surface area contributed by atoms with Crippen molar-refractivity contribution >= 4 is 22.6 Å². The van der Waals surface area contributed by atoms with Crippen molar-refractivity contribution in [2.75, 3.05) is 13.7 Å². The van der Waals surface area contributed by atoms with Crippen LogP contribution in [0.1, 0.15) is 25.5 Å². The minimum Gasteiger partial charge on any atom is -0.491 e. The van der Waals surface area contributed by atoms with E-state index in [-0.39, 0.29) is 30.3 Å². The lowest BCUT2D eigenvalue weighted by atomic mass is 10.1. The van der Waals surface area contributed by atoms with Crippen LogP contribution in [-0.2, 0) is 16.1 Å². The first-order valence-electron chi connectivity index (χ1n) is 9.52. The van der Waals surface area contributed by atoms with Crippen molar-refractivity contribution in [1.82, 2.24) is 14.9 Å². The molecule has 0 fully saturated rings. The molecule has 0 aliphatic heterocycles. The van der Waals surface area contributed by atoms with Crippen molar-refractivity contribution in [3.8, 4) is 5.75 Å². The first kappa shape index (κ1) is 21.3. The molecule has 0 radical (unpaired) electrons. The second kappa shape index (κ2) is 9.36. The summed E-state index contributed by atoms with van der Waals surface area (Å²) in [5.41, 5.74) is 1.64. The Morgan fingerprint density at radius 3 is 2.63 bits per heavy atom. The van der Waals surface area contributed by atoms with Gasteiger partial charge in [-0.1, -0.05) is 18.2 Å². The average Bonchev–Trinajstić information content (AvgIpc) is 3.14. The predicted molar refractivity (Wildman–Crippen MR) is 111 cm³/mol. The Morgan fingerprint density at radius 1 is 1.23 bits per heavy atom. The Morgan fingerprint density at radius 2 is 1.97 bits per heavy atom. The molecule has 9 heteroatoms. The van der Waals surface area contributed by atoms with Crippen LogP contribution >= 0.6 is 0 Å². The second-order valence-corrected chi connectivity index (χ2v) is 6.99. The number of aromatic nitrogens is 2. The third-order valence-electron chi connectivity index (χ3n) is 4.77. The van der Waals surface area contributed by atoms with E-state index < -0.39 is 4.92 Å². The van der Waals surface area contributed by atoms with Crippen LogP contribution in [0, 0.1) is 10.1 Å². The van der Waals surface area contributed by atoms with E-state index in [9.17, 15) is 14.9 Å². The van der Waals surface area contributed by atoms with Crippen molar-refractivity contribution in [1.29, 1.82) is 0 Å². The minimum atomic E-state index is -0.474. The van der Waals surface area contributed by atoms with Crippen LogP contribution in [0.4, 0.5) is 5.69 Å². The number of nitrogens with zero attached hydrogens (tertiary/aromatic N) is 3. The molecule has 3 rings (SSSR count). The molecule has 30 heavy (non-hydrogen) atoms. The summed E-state index contributed by atoms with van der Waals surface area (Å²) < 4.78 is 12.3. The maximum absolute atomic E-state index is 12.5. The summed E-state index contributed by atoms with van der Waals surface area (Å²) in [7, 11) is 1.63. The number of nitro benzene ring substituents is 1. The zero-order chi connectivity index (χ0) is 21.7. The molecule has 2 aromatic carbocycles. The fourth-order valence-electron chi connectivity index (χ4n) is 3.03. The smallest absolute Gasteiger partial charge is 0.295 e. The van der Waals surface area contributed by atoms with Gasteiger partial charge in [-0.3, -0.25) is 14.9 Å². The van der Waals surface area contributed by atoms with Crippen LogP contribution in [0.5, 0.6) is 5.75 Å². The van der Waals surface area contributed by atoms with Gasteiger partial charge in [0.05, 0.1) is 28.9 Å². The monoisotopic (exact) mass is 412 g/mol. The summed E-state index contributed by atoms with van der Waals surface area (Å²) in [6, 6.07) is 11.9. The van der Waals surface area contributed by atoms with Crippen molar-refractivity contribution < 1.29 is 19.2 Å². The Hall–Kier alpha value is -3.46. The van der Waals surface area contributed by atoms with Gasteiger partial charge < -0.3 is 19.4 Å². The predicted octanol–water partition coefficient (Wildman–Crippen LogP) is 3.24. The van der Waals surface area contributed by atoms with Crippen LogP contribution in [0.15, 0.2) is 48.8 Å². The normalized spacial score (nSPS) is 13.0. The van der Waals surface area contributed by atoms with Gasteiger partial charge in [0.1, 0.15) is 24.4 Å². The second-order valence-electron chi connectivity index (χ2n) is 6.99. The number of hydrogen-bond donors (Lipinski definition) is 1. The number of fused-ring (bicyclic) bond motifs is 1. The molecule has 0 spiro atoms. The molecule has 3 aromatic rings. The largest absolute Gasteiger partial charge is 0.491 e. The maximum atomic E-state index is 12.5. The first-order chi connectivity index (χ1) is 14.4. The molecular formula is C21H24N4O5. The topological polar surface area (TPSA) is 109 Å². The first-order valence-corrected chi connectivity index (χ1v) is 9.52. The van der Waals surface area contributed by atoms with E-state index in [2.05, 4.69) is 10.3 Å². The van der Waals surface area contributed by atoms with Gasteiger partial charge in [0.15, 0.2) is 0 Å². The highest BCUT2D eigenvalue weighted by Crippen LogP contribution is 2.24. The maximum Gasteiger partial charge on any atom is 0.295 e. The van der Waals surface area contributed by atoms with E-state index >= 15 is 0 Å². The van der Waals surface area contributed by atoms with Crippen LogP contribution < -0.4 is 10.1 Å². The van der Waals surface area contributed by atoms with Crippen LogP contribution in [-0.4, -0.2) is 40.2 Å². The van der Waals surface area contributed by atoms with Gasteiger partial charge >= 0.3 is 0 Å². The van der Waals surface area contributed by atoms with E-state index in [1.165, 1.54) is 17.0 Å². The average molecular weight is 412 g/mol. The zero-order valence-corrected chi connectivity index (χ0v) is 17.1. The summed E-state index contributed by atoms with van der Waals surface area (Å²) in [6.45, 7) is 4.17. The van der Waals surface area contributed by atoms with E-state index in [1.807, 2.05) is 38.1 Å². The van der Waals surface area contributed by atoms with Gasteiger partial charge in [0.25, 0.3) is 5.69 Å². The molecule has 0 aliphatic carbocycles. The quantitative estimate of drug-likeness (QED) is 0.427. The number of carbonyl (C=O) groups excluding carboxylic acids is 1. The van der Waals surface area contributed by atoms with Crippen molar-refractivity contribution in [3.05, 3.63) is 64.5 Å². The number of hydrogen-bond acceptors (Lipinski definition) is 6. The number of para-hydroxylation sites is 1. The van der Waals surface area contributed by atoms with Crippen molar-refractivity contribution in [2.45, 2.75) is 32.5 Å². The van der Waals surface area contributed by atoms with Gasteiger partial charge in [0.2, 0.25) is 5.91 Å². The number of benzene rings is 2. The highest BCUT2D eigenvalue weighted by molar-refractivity contribution is 5.87. The van der Waals surface area contributed by atoms with Crippen LogP contribution in [0.25, 0.3) is 11.0 Å². The highest BCUT2D eigenvalue weighted by atomic mass is 16.6. The molecule has 0 bridgehead atoms. The van der Waals surface area contributed by atoms with E-state index in [1.54, 1.807) is 19.2 Å². The Kier molecular flexibility index (Phi) is 6.63. The molecular weight excluding hydrogens is 388 g/mol. The molecule has 9 nitrogen and oxygen atoms in total. The van der Waals surface area contributed by atoms with Crippen LogP contribution in [0.2, 0.25) is 0 Å². The Labute approximate surface area is 173 Å². The Bertz CT molecular complexity index is 1030. The van der Waals surface area contributed by atoms with Gasteiger partial charge in [-0.15, -0.1) is 0 Å². The number of imidazole rings is 1. The van der Waals surface area contributed by atoms with Gasteiger partial charge in [-0.05, 0) is 37.6 Å². The van der Waals surface area contributed by atoms with Gasteiger partial charge in [0, 0.05) is 13.2 Å². The van der Waals surface area contributed by atoms with Crippen LogP contribution in [0.3, 0.4) is 0 Å². The van der Waals surface area contributed by atoms with Crippen molar-refractivity contribution in [3.63, 3.8) is 0 Å². The summed E-state index contributed by atoms with van der Waals surface area (Å²) in [6.07, 6.45) is 1.44. The summed E-state index contributed by atoms with van der Waals surface area (Å²) in [5, 5.41) is 14.2. The number of carbonyl (C=O) groups is 1. The van der Waals surface area contributed by atoms with Gasteiger partial charge in [-0.25, -0.2) is 4.98 Å². The number of nitrogens with one attached hydrogen (secondary N) is 1. The molecule has 2 atom stereocenters. The number of nitro groups is 1. The third-order valence-corrected chi connectivity index (χ3v) is 4.77. The number of ether oxygens (including phenoxy) is 2. The summed E-state index contributed by atoms with van der Waals surface area (Å²) >= 11 is 0. The molecule has 1 unspecified atom stereocenters. The van der Waals surface area contributed by atoms with E-state index in [4.69, 9.17) is 9.47 Å². The minimum absolute atomic E-state index is 0.00188. The fourth-order valence-corrected chi connectivity index (χ4v) is 3.03. The molecule has 1 aromatic heterocycles. The SMILES string of the molecule is CO[C@@H](C)COc1ccc(C(C)NC(=O)Cn2cnc3cccc([N+](=O)[O-])c32)cc1. The summed E-state index contributed by atoms with van der Waals surface area (Å²) in [5.74, 6) is 0.451. The molecule has 1 heterocycles. The highest BCUT2D eigenvalue weighted by Gasteiger charge is 2.18. The molecule has 1 N–H and O–H groups in total. The Balaban J connectivity index is 1.64. The number of amides is 1. The lowest BCUT2D eigenvalue weighted by molar-refractivity contribution is -0.383.